The molecule has 1 N–H and O–H groups in total. The third-order valence-corrected chi connectivity index (χ3v) is 4.26. The summed E-state index contributed by atoms with van der Waals surface area (Å²) in [6.07, 6.45) is 0. The summed E-state index contributed by atoms with van der Waals surface area (Å²) in [5.41, 5.74) is 6.07. The van der Waals surface area contributed by atoms with Crippen molar-refractivity contribution in [1.82, 2.24) is 4.98 Å². The average molecular weight is 294 g/mol. The van der Waals surface area contributed by atoms with Gasteiger partial charge in [0.2, 0.25) is 0 Å². The molecule has 1 aromatic heterocycles. The van der Waals surface area contributed by atoms with E-state index in [1.54, 1.807) is 11.3 Å². The number of aromatic nitrogens is 1. The smallest absolute Gasteiger partial charge is 0.183 e. The normalized spacial score (nSPS) is 10.6. The second-order valence-electron chi connectivity index (χ2n) is 5.20. The first-order chi connectivity index (χ1) is 10.2. The molecular formula is C18H18N2S. The van der Waals surface area contributed by atoms with E-state index in [0.717, 1.165) is 17.4 Å². The number of anilines is 1. The Hall–Kier alpha value is -2.13. The van der Waals surface area contributed by atoms with Gasteiger partial charge >= 0.3 is 0 Å². The summed E-state index contributed by atoms with van der Waals surface area (Å²) >= 11 is 1.66. The molecule has 0 saturated carbocycles. The van der Waals surface area contributed by atoms with Gasteiger partial charge in [-0.05, 0) is 31.0 Å². The van der Waals surface area contributed by atoms with Gasteiger partial charge in [0.25, 0.3) is 0 Å². The third-order valence-electron chi connectivity index (χ3n) is 3.46. The Morgan fingerprint density at radius 2 is 1.86 bits per heavy atom. The molecule has 2 aromatic carbocycles. The van der Waals surface area contributed by atoms with E-state index in [-0.39, 0.29) is 0 Å². The Labute approximate surface area is 129 Å². The van der Waals surface area contributed by atoms with Crippen LogP contribution in [0.4, 0.5) is 5.13 Å². The van der Waals surface area contributed by atoms with Crippen LogP contribution in [0.2, 0.25) is 0 Å². The van der Waals surface area contributed by atoms with Crippen molar-refractivity contribution in [3.63, 3.8) is 0 Å². The summed E-state index contributed by atoms with van der Waals surface area (Å²) in [6.45, 7) is 5.05. The minimum Gasteiger partial charge on any atom is -0.357 e. The highest BCUT2D eigenvalue weighted by Crippen LogP contribution is 2.28. The second kappa shape index (κ2) is 6.10. The van der Waals surface area contributed by atoms with Gasteiger partial charge < -0.3 is 5.32 Å². The first-order valence-electron chi connectivity index (χ1n) is 7.03. The van der Waals surface area contributed by atoms with E-state index in [9.17, 15) is 0 Å². The highest BCUT2D eigenvalue weighted by Gasteiger charge is 2.07. The molecule has 106 valence electrons. The molecule has 0 amide bonds. The summed E-state index contributed by atoms with van der Waals surface area (Å²) < 4.78 is 0. The summed E-state index contributed by atoms with van der Waals surface area (Å²) in [5, 5.41) is 6.48. The number of nitrogens with one attached hydrogen (secondary N) is 1. The molecule has 0 unspecified atom stereocenters. The monoisotopic (exact) mass is 294 g/mol. The number of aryl methyl sites for hydroxylation is 2. The summed E-state index contributed by atoms with van der Waals surface area (Å²) in [4.78, 5) is 4.70. The fraction of sp³-hybridized carbons (Fsp3) is 0.167. The van der Waals surface area contributed by atoms with Crippen molar-refractivity contribution in [3.05, 3.63) is 70.6 Å². The van der Waals surface area contributed by atoms with Crippen molar-refractivity contribution >= 4 is 16.5 Å². The second-order valence-corrected chi connectivity index (χ2v) is 6.05. The van der Waals surface area contributed by atoms with Crippen LogP contribution < -0.4 is 5.32 Å². The molecule has 0 spiro atoms. The Kier molecular flexibility index (Phi) is 4.02. The SMILES string of the molecule is Cc1ccc(C)c(-c2csc(NCc3ccccc3)n2)c1. The highest BCUT2D eigenvalue weighted by atomic mass is 32.1. The lowest BCUT2D eigenvalue weighted by Gasteiger charge is -2.04. The first-order valence-corrected chi connectivity index (χ1v) is 7.91. The Morgan fingerprint density at radius 1 is 1.05 bits per heavy atom. The van der Waals surface area contributed by atoms with Crippen LogP contribution in [0.3, 0.4) is 0 Å². The van der Waals surface area contributed by atoms with Crippen LogP contribution in [0.15, 0.2) is 53.9 Å². The zero-order chi connectivity index (χ0) is 14.7. The number of thiazole rings is 1. The maximum absolute atomic E-state index is 4.70. The molecule has 0 radical (unpaired) electrons. The van der Waals surface area contributed by atoms with Gasteiger partial charge in [0.05, 0.1) is 5.69 Å². The maximum Gasteiger partial charge on any atom is 0.183 e. The lowest BCUT2D eigenvalue weighted by atomic mass is 10.0. The van der Waals surface area contributed by atoms with Crippen LogP contribution in [0.25, 0.3) is 11.3 Å². The number of hydrogen-bond acceptors (Lipinski definition) is 3. The zero-order valence-electron chi connectivity index (χ0n) is 12.3. The van der Waals surface area contributed by atoms with Crippen LogP contribution in [0, 0.1) is 13.8 Å². The van der Waals surface area contributed by atoms with Gasteiger partial charge in [-0.25, -0.2) is 4.98 Å². The lowest BCUT2D eigenvalue weighted by molar-refractivity contribution is 1.13. The fourth-order valence-electron chi connectivity index (χ4n) is 2.26. The molecule has 2 nitrogen and oxygen atoms in total. The van der Waals surface area contributed by atoms with Crippen molar-refractivity contribution < 1.29 is 0 Å². The summed E-state index contributed by atoms with van der Waals surface area (Å²) in [5.74, 6) is 0. The molecule has 0 aliphatic carbocycles. The van der Waals surface area contributed by atoms with E-state index in [1.165, 1.54) is 22.3 Å². The molecule has 3 aromatic rings. The van der Waals surface area contributed by atoms with Gasteiger partial charge in [0.15, 0.2) is 5.13 Å². The first kappa shape index (κ1) is 13.8. The molecule has 3 heteroatoms. The van der Waals surface area contributed by atoms with Gasteiger partial charge in [-0.3, -0.25) is 0 Å². The van der Waals surface area contributed by atoms with Crippen LogP contribution >= 0.6 is 11.3 Å². The van der Waals surface area contributed by atoms with Crippen LogP contribution in [0.1, 0.15) is 16.7 Å². The van der Waals surface area contributed by atoms with E-state index < -0.39 is 0 Å². The summed E-state index contributed by atoms with van der Waals surface area (Å²) in [6, 6.07) is 16.9. The van der Waals surface area contributed by atoms with Crippen molar-refractivity contribution in [1.29, 1.82) is 0 Å². The number of benzene rings is 2. The Bertz CT molecular complexity index is 732. The van der Waals surface area contributed by atoms with Gasteiger partial charge in [-0.1, -0.05) is 48.0 Å². The number of hydrogen-bond donors (Lipinski definition) is 1. The molecule has 0 saturated heterocycles. The topological polar surface area (TPSA) is 24.9 Å². The highest BCUT2D eigenvalue weighted by molar-refractivity contribution is 7.14. The molecule has 0 atom stereocenters. The van der Waals surface area contributed by atoms with Gasteiger partial charge in [0, 0.05) is 17.5 Å². The van der Waals surface area contributed by atoms with E-state index >= 15 is 0 Å². The van der Waals surface area contributed by atoms with Crippen molar-refractivity contribution in [2.75, 3.05) is 5.32 Å². The molecular weight excluding hydrogens is 276 g/mol. The van der Waals surface area contributed by atoms with E-state index in [1.807, 2.05) is 6.07 Å². The number of rotatable bonds is 4. The predicted molar refractivity (Wildman–Crippen MR) is 90.8 cm³/mol. The van der Waals surface area contributed by atoms with Gasteiger partial charge in [-0.2, -0.15) is 0 Å². The molecule has 0 aliphatic rings. The van der Waals surface area contributed by atoms with Crippen LogP contribution in [-0.2, 0) is 6.54 Å². The fourth-order valence-corrected chi connectivity index (χ4v) is 2.97. The van der Waals surface area contributed by atoms with Crippen LogP contribution in [-0.4, -0.2) is 4.98 Å². The van der Waals surface area contributed by atoms with Crippen molar-refractivity contribution in [3.8, 4) is 11.3 Å². The number of nitrogens with zero attached hydrogens (tertiary/aromatic N) is 1. The van der Waals surface area contributed by atoms with Gasteiger partial charge in [0.1, 0.15) is 0 Å². The van der Waals surface area contributed by atoms with Gasteiger partial charge in [-0.15, -0.1) is 11.3 Å². The average Bonchev–Trinajstić information content (AvgIpc) is 2.97. The zero-order valence-corrected chi connectivity index (χ0v) is 13.1. The third kappa shape index (κ3) is 3.31. The predicted octanol–water partition coefficient (Wildman–Crippen LogP) is 5.04. The molecule has 0 fully saturated rings. The Balaban J connectivity index is 1.76. The largest absolute Gasteiger partial charge is 0.357 e. The molecule has 21 heavy (non-hydrogen) atoms. The van der Waals surface area contributed by atoms with Crippen LogP contribution in [0.5, 0.6) is 0 Å². The standard InChI is InChI=1S/C18H18N2S/c1-13-8-9-14(2)16(10-13)17-12-21-18(20-17)19-11-15-6-4-3-5-7-15/h3-10,12H,11H2,1-2H3,(H,19,20). The molecule has 0 bridgehead atoms. The van der Waals surface area contributed by atoms with E-state index in [4.69, 9.17) is 4.98 Å². The van der Waals surface area contributed by atoms with E-state index in [2.05, 4.69) is 67.0 Å². The molecule has 1 heterocycles. The minimum atomic E-state index is 0.806. The lowest BCUT2D eigenvalue weighted by Crippen LogP contribution is -1.98. The Morgan fingerprint density at radius 3 is 2.67 bits per heavy atom. The van der Waals surface area contributed by atoms with Crippen molar-refractivity contribution in [2.24, 2.45) is 0 Å². The molecule has 3 rings (SSSR count). The quantitative estimate of drug-likeness (QED) is 0.729. The minimum absolute atomic E-state index is 0.806. The van der Waals surface area contributed by atoms with E-state index in [0.29, 0.717) is 0 Å². The van der Waals surface area contributed by atoms with Crippen molar-refractivity contribution in [2.45, 2.75) is 20.4 Å². The summed E-state index contributed by atoms with van der Waals surface area (Å²) in [7, 11) is 0. The molecule has 0 aliphatic heterocycles. The maximum atomic E-state index is 4.70.